The predicted octanol–water partition coefficient (Wildman–Crippen LogP) is 4.05. The maximum Gasteiger partial charge on any atom is 0.184 e. The monoisotopic (exact) mass is 241 g/mol. The minimum Gasteiger partial charge on any atom is -0.491 e. The third-order valence-corrected chi connectivity index (χ3v) is 3.39. The van der Waals surface area contributed by atoms with Crippen LogP contribution in [0.3, 0.4) is 0 Å². The zero-order valence-electron chi connectivity index (χ0n) is 8.87. The zero-order chi connectivity index (χ0) is 11.0. The summed E-state index contributed by atoms with van der Waals surface area (Å²) in [5.74, 6) is 0.915. The first-order chi connectivity index (χ1) is 7.08. The van der Waals surface area contributed by atoms with Gasteiger partial charge in [-0.15, -0.1) is 11.3 Å². The van der Waals surface area contributed by atoms with Gasteiger partial charge in [0.05, 0.1) is 16.3 Å². The van der Waals surface area contributed by atoms with Gasteiger partial charge in [0, 0.05) is 5.56 Å². The number of hydrogen-bond acceptors (Lipinski definition) is 3. The highest BCUT2D eigenvalue weighted by molar-refractivity contribution is 7.22. The van der Waals surface area contributed by atoms with Gasteiger partial charge in [0.1, 0.15) is 5.75 Å². The highest BCUT2D eigenvalue weighted by Gasteiger charge is 2.09. The van der Waals surface area contributed by atoms with Crippen LogP contribution in [0.15, 0.2) is 12.1 Å². The van der Waals surface area contributed by atoms with E-state index in [4.69, 9.17) is 16.3 Å². The normalized spacial score (nSPS) is 11.3. The molecule has 1 aromatic carbocycles. The van der Waals surface area contributed by atoms with Gasteiger partial charge >= 0.3 is 0 Å². The number of fused-ring (bicyclic) bond motifs is 1. The summed E-state index contributed by atoms with van der Waals surface area (Å²) in [4.78, 5) is 4.22. The van der Waals surface area contributed by atoms with Gasteiger partial charge in [0.25, 0.3) is 0 Å². The molecule has 2 rings (SSSR count). The Morgan fingerprint density at radius 2 is 2.13 bits per heavy atom. The van der Waals surface area contributed by atoms with Gasteiger partial charge in [-0.05, 0) is 32.9 Å². The second-order valence-corrected chi connectivity index (χ2v) is 5.25. The number of rotatable bonds is 2. The molecule has 15 heavy (non-hydrogen) atoms. The van der Waals surface area contributed by atoms with Gasteiger partial charge in [0.15, 0.2) is 4.47 Å². The number of thiazole rings is 1. The maximum absolute atomic E-state index is 5.88. The van der Waals surface area contributed by atoms with Gasteiger partial charge in [-0.1, -0.05) is 11.6 Å². The number of nitrogens with zero attached hydrogens (tertiary/aromatic N) is 1. The minimum atomic E-state index is 0.185. The Bertz CT molecular complexity index is 493. The van der Waals surface area contributed by atoms with E-state index in [2.05, 4.69) is 4.98 Å². The molecule has 0 saturated carbocycles. The Morgan fingerprint density at radius 3 is 2.80 bits per heavy atom. The van der Waals surface area contributed by atoms with E-state index in [1.807, 2.05) is 32.9 Å². The summed E-state index contributed by atoms with van der Waals surface area (Å²) >= 11 is 7.37. The second-order valence-electron chi connectivity index (χ2n) is 3.67. The standard InChI is InChI=1S/C11H12ClNOS/c1-6(2)14-9-5-4-8-10(7(9)3)15-11(12)13-8/h4-6H,1-3H3. The lowest BCUT2D eigenvalue weighted by atomic mass is 10.2. The van der Waals surface area contributed by atoms with E-state index in [-0.39, 0.29) is 6.10 Å². The van der Waals surface area contributed by atoms with Crippen LogP contribution in [0.4, 0.5) is 0 Å². The van der Waals surface area contributed by atoms with Crippen molar-refractivity contribution in [2.45, 2.75) is 26.9 Å². The summed E-state index contributed by atoms with van der Waals surface area (Å²) in [5.41, 5.74) is 2.06. The number of aromatic nitrogens is 1. The second kappa shape index (κ2) is 3.99. The van der Waals surface area contributed by atoms with E-state index in [1.165, 1.54) is 11.3 Å². The van der Waals surface area contributed by atoms with Gasteiger partial charge < -0.3 is 4.74 Å². The fourth-order valence-electron chi connectivity index (χ4n) is 1.46. The third kappa shape index (κ3) is 2.08. The van der Waals surface area contributed by atoms with Crippen molar-refractivity contribution in [3.05, 3.63) is 22.2 Å². The van der Waals surface area contributed by atoms with Crippen LogP contribution >= 0.6 is 22.9 Å². The summed E-state index contributed by atoms with van der Waals surface area (Å²) in [6, 6.07) is 3.90. The lowest BCUT2D eigenvalue weighted by Gasteiger charge is -2.12. The average molecular weight is 242 g/mol. The molecular weight excluding hydrogens is 230 g/mol. The molecule has 0 spiro atoms. The van der Waals surface area contributed by atoms with Crippen LogP contribution in [0.2, 0.25) is 4.47 Å². The van der Waals surface area contributed by atoms with Crippen LogP contribution in [0, 0.1) is 6.92 Å². The molecule has 1 heterocycles. The zero-order valence-corrected chi connectivity index (χ0v) is 10.4. The van der Waals surface area contributed by atoms with Crippen LogP contribution in [0.25, 0.3) is 10.2 Å². The van der Waals surface area contributed by atoms with E-state index in [0.29, 0.717) is 4.47 Å². The molecule has 0 bridgehead atoms. The Kier molecular flexibility index (Phi) is 2.85. The van der Waals surface area contributed by atoms with Crippen LogP contribution in [0.1, 0.15) is 19.4 Å². The number of aryl methyl sites for hydroxylation is 1. The number of benzene rings is 1. The topological polar surface area (TPSA) is 22.1 Å². The fraction of sp³-hybridized carbons (Fsp3) is 0.364. The minimum absolute atomic E-state index is 0.185. The van der Waals surface area contributed by atoms with Crippen molar-refractivity contribution in [3.63, 3.8) is 0 Å². The fourth-order valence-corrected chi connectivity index (χ4v) is 2.57. The Balaban J connectivity index is 2.54. The van der Waals surface area contributed by atoms with E-state index < -0.39 is 0 Å². The van der Waals surface area contributed by atoms with Crippen molar-refractivity contribution in [3.8, 4) is 5.75 Å². The average Bonchev–Trinajstić information content (AvgIpc) is 2.51. The Morgan fingerprint density at radius 1 is 1.40 bits per heavy atom. The molecule has 2 aromatic rings. The molecule has 0 fully saturated rings. The van der Waals surface area contributed by atoms with E-state index in [1.54, 1.807) is 0 Å². The van der Waals surface area contributed by atoms with Gasteiger partial charge in [0.2, 0.25) is 0 Å². The Hall–Kier alpha value is -0.800. The molecular formula is C11H12ClNOS. The van der Waals surface area contributed by atoms with Gasteiger partial charge in [-0.3, -0.25) is 0 Å². The van der Waals surface area contributed by atoms with Crippen LogP contribution in [0.5, 0.6) is 5.75 Å². The number of hydrogen-bond donors (Lipinski definition) is 0. The summed E-state index contributed by atoms with van der Waals surface area (Å²) in [5, 5.41) is 0. The summed E-state index contributed by atoms with van der Waals surface area (Å²) in [6.45, 7) is 6.07. The van der Waals surface area contributed by atoms with Crippen molar-refractivity contribution >= 4 is 33.2 Å². The predicted molar refractivity (Wildman–Crippen MR) is 65.1 cm³/mol. The Labute approximate surface area is 97.8 Å². The lowest BCUT2D eigenvalue weighted by molar-refractivity contribution is 0.241. The smallest absolute Gasteiger partial charge is 0.184 e. The molecule has 80 valence electrons. The van der Waals surface area contributed by atoms with Crippen molar-refractivity contribution in [2.75, 3.05) is 0 Å². The SMILES string of the molecule is Cc1c(OC(C)C)ccc2nc(Cl)sc12. The van der Waals surface area contributed by atoms with Crippen LogP contribution in [-0.2, 0) is 0 Å². The van der Waals surface area contributed by atoms with Crippen molar-refractivity contribution < 1.29 is 4.74 Å². The molecule has 0 unspecified atom stereocenters. The molecule has 0 saturated heterocycles. The van der Waals surface area contributed by atoms with E-state index in [0.717, 1.165) is 21.5 Å². The highest BCUT2D eigenvalue weighted by Crippen LogP contribution is 2.33. The lowest BCUT2D eigenvalue weighted by Crippen LogP contribution is -2.06. The van der Waals surface area contributed by atoms with Crippen molar-refractivity contribution in [1.82, 2.24) is 4.98 Å². The van der Waals surface area contributed by atoms with E-state index >= 15 is 0 Å². The third-order valence-electron chi connectivity index (χ3n) is 2.09. The van der Waals surface area contributed by atoms with E-state index in [9.17, 15) is 0 Å². The maximum atomic E-state index is 5.88. The molecule has 0 N–H and O–H groups in total. The molecule has 2 nitrogen and oxygen atoms in total. The molecule has 0 aliphatic rings. The van der Waals surface area contributed by atoms with Gasteiger partial charge in [-0.2, -0.15) is 0 Å². The summed E-state index contributed by atoms with van der Waals surface area (Å²) in [7, 11) is 0. The molecule has 0 aliphatic carbocycles. The van der Waals surface area contributed by atoms with Crippen LogP contribution < -0.4 is 4.74 Å². The number of ether oxygens (including phenoxy) is 1. The van der Waals surface area contributed by atoms with Gasteiger partial charge in [-0.25, -0.2) is 4.98 Å². The molecule has 0 aliphatic heterocycles. The molecule has 0 atom stereocenters. The number of halogens is 1. The summed E-state index contributed by atoms with van der Waals surface area (Å²) < 4.78 is 7.39. The first-order valence-corrected chi connectivity index (χ1v) is 5.99. The highest BCUT2D eigenvalue weighted by atomic mass is 35.5. The quantitative estimate of drug-likeness (QED) is 0.792. The molecule has 0 amide bonds. The van der Waals surface area contributed by atoms with Crippen molar-refractivity contribution in [2.24, 2.45) is 0 Å². The first kappa shape index (κ1) is 10.7. The van der Waals surface area contributed by atoms with Crippen LogP contribution in [-0.4, -0.2) is 11.1 Å². The largest absolute Gasteiger partial charge is 0.491 e. The molecule has 0 radical (unpaired) electrons. The van der Waals surface area contributed by atoms with Crippen molar-refractivity contribution in [1.29, 1.82) is 0 Å². The molecule has 1 aromatic heterocycles. The molecule has 4 heteroatoms. The first-order valence-electron chi connectivity index (χ1n) is 4.80. The summed E-state index contributed by atoms with van der Waals surface area (Å²) in [6.07, 6.45) is 0.185.